The number of amides is 1. The van der Waals surface area contributed by atoms with Gasteiger partial charge in [0.25, 0.3) is 5.91 Å². The summed E-state index contributed by atoms with van der Waals surface area (Å²) in [6.07, 6.45) is -0.480. The van der Waals surface area contributed by atoms with Crippen LogP contribution in [-0.4, -0.2) is 54.6 Å². The molecule has 0 radical (unpaired) electrons. The minimum Gasteiger partial charge on any atom is -0.386 e. The Kier molecular flexibility index (Phi) is 3.99. The van der Waals surface area contributed by atoms with Gasteiger partial charge in [-0.2, -0.15) is 13.2 Å². The molecule has 0 aromatic carbocycles. The normalized spacial score (nSPS) is 21.2. The van der Waals surface area contributed by atoms with Crippen LogP contribution in [0, 0.1) is 0 Å². The Morgan fingerprint density at radius 2 is 2.17 bits per heavy atom. The number of aromatic nitrogens is 4. The van der Waals surface area contributed by atoms with Crippen LogP contribution in [-0.2, 0) is 12.7 Å². The molecule has 128 valence electrons. The Hall–Kier alpha value is -2.49. The van der Waals surface area contributed by atoms with Crippen LogP contribution in [0.1, 0.15) is 22.5 Å². The second-order valence-electron chi connectivity index (χ2n) is 5.70. The lowest BCUT2D eigenvalue weighted by molar-refractivity contribution is -0.141. The van der Waals surface area contributed by atoms with Crippen LogP contribution in [0.15, 0.2) is 30.7 Å². The predicted octanol–water partition coefficient (Wildman–Crippen LogP) is 0.969. The topological polar surface area (TPSA) is 84.1 Å². The number of hydrogen-bond acceptors (Lipinski definition) is 5. The Morgan fingerprint density at radius 3 is 2.83 bits per heavy atom. The molecule has 0 bridgehead atoms. The third-order valence-electron chi connectivity index (χ3n) is 3.85. The Bertz CT molecular complexity index is 734. The van der Waals surface area contributed by atoms with Crippen molar-refractivity contribution in [2.24, 2.45) is 0 Å². The average molecular weight is 341 g/mol. The van der Waals surface area contributed by atoms with Crippen LogP contribution in [0.25, 0.3) is 0 Å². The SMILES string of the molecule is O=C(c1cccnc1C(F)(F)F)N1CCC(O)(Cn2ccnn2)C1. The summed E-state index contributed by atoms with van der Waals surface area (Å²) in [6.45, 7) is 0.171. The zero-order valence-electron chi connectivity index (χ0n) is 12.4. The summed E-state index contributed by atoms with van der Waals surface area (Å²) in [4.78, 5) is 16.9. The summed E-state index contributed by atoms with van der Waals surface area (Å²) in [5.74, 6) is -0.801. The van der Waals surface area contributed by atoms with E-state index in [4.69, 9.17) is 0 Å². The van der Waals surface area contributed by atoms with Gasteiger partial charge in [-0.25, -0.2) is 4.68 Å². The monoisotopic (exact) mass is 341 g/mol. The molecule has 10 heteroatoms. The number of carbonyl (C=O) groups is 1. The minimum atomic E-state index is -4.72. The van der Waals surface area contributed by atoms with Gasteiger partial charge in [0.2, 0.25) is 0 Å². The number of halogens is 3. The molecule has 0 aliphatic carbocycles. The first kappa shape index (κ1) is 16.4. The number of hydrogen-bond donors (Lipinski definition) is 1. The van der Waals surface area contributed by atoms with Crippen molar-refractivity contribution in [1.29, 1.82) is 0 Å². The molecule has 1 aliphatic heterocycles. The van der Waals surface area contributed by atoms with E-state index in [1.807, 2.05) is 0 Å². The standard InChI is InChI=1S/C14H14F3N5O2/c15-14(16,17)11-10(2-1-4-18-11)12(23)21-6-3-13(24,8-21)9-22-7-5-19-20-22/h1-2,4-5,7,24H,3,6,8-9H2. The largest absolute Gasteiger partial charge is 0.434 e. The molecule has 24 heavy (non-hydrogen) atoms. The van der Waals surface area contributed by atoms with Crippen LogP contribution >= 0.6 is 0 Å². The maximum absolute atomic E-state index is 13.0. The third kappa shape index (κ3) is 3.23. The van der Waals surface area contributed by atoms with E-state index in [1.165, 1.54) is 21.8 Å². The summed E-state index contributed by atoms with van der Waals surface area (Å²) in [7, 11) is 0. The lowest BCUT2D eigenvalue weighted by atomic mass is 10.0. The summed E-state index contributed by atoms with van der Waals surface area (Å²) < 4.78 is 40.4. The van der Waals surface area contributed by atoms with E-state index in [2.05, 4.69) is 15.3 Å². The highest BCUT2D eigenvalue weighted by molar-refractivity contribution is 5.95. The van der Waals surface area contributed by atoms with E-state index in [9.17, 15) is 23.1 Å². The molecule has 1 atom stereocenters. The van der Waals surface area contributed by atoms with E-state index >= 15 is 0 Å². The van der Waals surface area contributed by atoms with Gasteiger partial charge in [-0.15, -0.1) is 5.10 Å². The van der Waals surface area contributed by atoms with E-state index in [-0.39, 0.29) is 26.1 Å². The Balaban J connectivity index is 1.78. The molecule has 1 fully saturated rings. The van der Waals surface area contributed by atoms with E-state index < -0.39 is 28.9 Å². The Morgan fingerprint density at radius 1 is 1.38 bits per heavy atom. The molecule has 2 aromatic rings. The van der Waals surface area contributed by atoms with Gasteiger partial charge in [-0.05, 0) is 18.6 Å². The van der Waals surface area contributed by atoms with Crippen molar-refractivity contribution in [2.45, 2.75) is 24.7 Å². The lowest BCUT2D eigenvalue weighted by Gasteiger charge is -2.23. The van der Waals surface area contributed by atoms with Crippen LogP contribution in [0.5, 0.6) is 0 Å². The van der Waals surface area contributed by atoms with Crippen molar-refractivity contribution >= 4 is 5.91 Å². The lowest BCUT2D eigenvalue weighted by Crippen LogP contribution is -2.40. The zero-order chi connectivity index (χ0) is 17.4. The second kappa shape index (κ2) is 5.86. The van der Waals surface area contributed by atoms with Gasteiger partial charge in [0.1, 0.15) is 5.60 Å². The predicted molar refractivity (Wildman–Crippen MR) is 74.7 cm³/mol. The van der Waals surface area contributed by atoms with Crippen molar-refractivity contribution in [2.75, 3.05) is 13.1 Å². The minimum absolute atomic E-state index is 0.0854. The summed E-state index contributed by atoms with van der Waals surface area (Å²) in [5, 5.41) is 17.9. The van der Waals surface area contributed by atoms with Crippen LogP contribution in [0.3, 0.4) is 0 Å². The summed E-state index contributed by atoms with van der Waals surface area (Å²) in [6, 6.07) is 2.37. The summed E-state index contributed by atoms with van der Waals surface area (Å²) in [5.41, 5.74) is -3.00. The van der Waals surface area contributed by atoms with E-state index in [1.54, 1.807) is 6.20 Å². The number of likely N-dealkylation sites (tertiary alicyclic amines) is 1. The highest BCUT2D eigenvalue weighted by Crippen LogP contribution is 2.32. The first-order chi connectivity index (χ1) is 11.3. The van der Waals surface area contributed by atoms with Gasteiger partial charge < -0.3 is 10.0 Å². The number of pyridine rings is 1. The van der Waals surface area contributed by atoms with Gasteiger partial charge in [0, 0.05) is 18.9 Å². The quantitative estimate of drug-likeness (QED) is 0.899. The molecule has 1 unspecified atom stereocenters. The van der Waals surface area contributed by atoms with Crippen molar-refractivity contribution in [1.82, 2.24) is 24.9 Å². The molecule has 1 saturated heterocycles. The molecular weight excluding hydrogens is 327 g/mol. The fourth-order valence-corrected chi connectivity index (χ4v) is 2.75. The van der Waals surface area contributed by atoms with Gasteiger partial charge in [0.15, 0.2) is 5.69 Å². The third-order valence-corrected chi connectivity index (χ3v) is 3.85. The summed E-state index contributed by atoms with van der Waals surface area (Å²) >= 11 is 0. The number of rotatable bonds is 3. The molecule has 2 aromatic heterocycles. The number of β-amino-alcohol motifs (C(OH)–C–C–N with tert-alkyl or cyclic N) is 1. The van der Waals surface area contributed by atoms with Crippen LogP contribution in [0.4, 0.5) is 13.2 Å². The smallest absolute Gasteiger partial charge is 0.386 e. The highest BCUT2D eigenvalue weighted by Gasteiger charge is 2.42. The average Bonchev–Trinajstić information content (AvgIpc) is 3.16. The van der Waals surface area contributed by atoms with Crippen molar-refractivity contribution in [3.63, 3.8) is 0 Å². The molecule has 3 heterocycles. The van der Waals surface area contributed by atoms with Crippen molar-refractivity contribution < 1.29 is 23.1 Å². The van der Waals surface area contributed by atoms with Crippen molar-refractivity contribution in [3.05, 3.63) is 42.0 Å². The van der Waals surface area contributed by atoms with E-state index in [0.717, 1.165) is 12.3 Å². The maximum Gasteiger partial charge on any atom is 0.434 e. The second-order valence-corrected chi connectivity index (χ2v) is 5.70. The number of nitrogens with zero attached hydrogens (tertiary/aromatic N) is 5. The Labute approximate surface area is 134 Å². The zero-order valence-corrected chi connectivity index (χ0v) is 12.4. The van der Waals surface area contributed by atoms with Gasteiger partial charge in [0.05, 0.1) is 24.8 Å². The van der Waals surface area contributed by atoms with Gasteiger partial charge in [-0.1, -0.05) is 5.21 Å². The molecule has 1 aliphatic rings. The molecule has 7 nitrogen and oxygen atoms in total. The molecule has 0 spiro atoms. The van der Waals surface area contributed by atoms with Gasteiger partial charge >= 0.3 is 6.18 Å². The molecule has 0 saturated carbocycles. The molecular formula is C14H14F3N5O2. The van der Waals surface area contributed by atoms with Crippen molar-refractivity contribution in [3.8, 4) is 0 Å². The number of carbonyl (C=O) groups excluding carboxylic acids is 1. The molecule has 1 amide bonds. The fourth-order valence-electron chi connectivity index (χ4n) is 2.75. The number of aliphatic hydroxyl groups is 1. The molecule has 1 N–H and O–H groups in total. The fraction of sp³-hybridized carbons (Fsp3) is 0.429. The van der Waals surface area contributed by atoms with Gasteiger partial charge in [-0.3, -0.25) is 9.78 Å². The van der Waals surface area contributed by atoms with Crippen LogP contribution < -0.4 is 0 Å². The first-order valence-corrected chi connectivity index (χ1v) is 7.16. The van der Waals surface area contributed by atoms with E-state index in [0.29, 0.717) is 0 Å². The number of alkyl halides is 3. The first-order valence-electron chi connectivity index (χ1n) is 7.16. The maximum atomic E-state index is 13.0. The van der Waals surface area contributed by atoms with Crippen LogP contribution in [0.2, 0.25) is 0 Å². The molecule has 3 rings (SSSR count). The highest BCUT2D eigenvalue weighted by atomic mass is 19.4.